The van der Waals surface area contributed by atoms with E-state index < -0.39 is 0 Å². The third-order valence-electron chi connectivity index (χ3n) is 3.78. The average molecular weight is 294 g/mol. The van der Waals surface area contributed by atoms with E-state index in [9.17, 15) is 0 Å². The van der Waals surface area contributed by atoms with Crippen molar-refractivity contribution >= 4 is 11.6 Å². The molecular formula is C16H18N6. The molecular weight excluding hydrogens is 276 g/mol. The van der Waals surface area contributed by atoms with Gasteiger partial charge in [-0.3, -0.25) is 4.90 Å². The van der Waals surface area contributed by atoms with E-state index in [1.807, 2.05) is 18.2 Å². The van der Waals surface area contributed by atoms with E-state index in [4.69, 9.17) is 11.0 Å². The first-order valence-electron chi connectivity index (χ1n) is 7.28. The summed E-state index contributed by atoms with van der Waals surface area (Å²) < 4.78 is 0. The maximum atomic E-state index is 8.96. The molecule has 0 radical (unpaired) electrons. The molecule has 2 N–H and O–H groups in total. The fourth-order valence-corrected chi connectivity index (χ4v) is 2.60. The lowest BCUT2D eigenvalue weighted by atomic mass is 10.1. The van der Waals surface area contributed by atoms with Gasteiger partial charge in [0.15, 0.2) is 0 Å². The quantitative estimate of drug-likeness (QED) is 0.917. The van der Waals surface area contributed by atoms with Crippen LogP contribution in [0.15, 0.2) is 36.7 Å². The van der Waals surface area contributed by atoms with E-state index in [0.717, 1.165) is 38.7 Å². The molecule has 22 heavy (non-hydrogen) atoms. The van der Waals surface area contributed by atoms with Gasteiger partial charge in [0.2, 0.25) is 5.95 Å². The van der Waals surface area contributed by atoms with Gasteiger partial charge in [-0.25, -0.2) is 9.97 Å². The van der Waals surface area contributed by atoms with E-state index in [1.54, 1.807) is 12.4 Å². The molecule has 3 rings (SSSR count). The Hall–Kier alpha value is -2.65. The number of nitrogens with two attached hydrogens (primary N) is 1. The SMILES string of the molecule is N#Cc1cccc(CN2CCN(c3ncc(N)cn3)CC2)c1. The largest absolute Gasteiger partial charge is 0.396 e. The number of anilines is 2. The monoisotopic (exact) mass is 294 g/mol. The van der Waals surface area contributed by atoms with Crippen molar-refractivity contribution in [2.75, 3.05) is 36.8 Å². The van der Waals surface area contributed by atoms with Crippen LogP contribution < -0.4 is 10.6 Å². The van der Waals surface area contributed by atoms with Crippen LogP contribution in [-0.4, -0.2) is 41.0 Å². The summed E-state index contributed by atoms with van der Waals surface area (Å²) in [6, 6.07) is 9.97. The van der Waals surface area contributed by atoms with Crippen LogP contribution in [0.1, 0.15) is 11.1 Å². The Morgan fingerprint density at radius 3 is 2.55 bits per heavy atom. The first-order chi connectivity index (χ1) is 10.7. The van der Waals surface area contributed by atoms with Crippen molar-refractivity contribution in [2.24, 2.45) is 0 Å². The molecule has 0 saturated carbocycles. The maximum absolute atomic E-state index is 8.96. The predicted octanol–water partition coefficient (Wildman–Crippen LogP) is 1.25. The third-order valence-corrected chi connectivity index (χ3v) is 3.78. The zero-order valence-corrected chi connectivity index (χ0v) is 12.3. The summed E-state index contributed by atoms with van der Waals surface area (Å²) in [7, 11) is 0. The Bertz CT molecular complexity index is 668. The maximum Gasteiger partial charge on any atom is 0.225 e. The lowest BCUT2D eigenvalue weighted by Gasteiger charge is -2.34. The van der Waals surface area contributed by atoms with Crippen LogP contribution in [0.5, 0.6) is 0 Å². The van der Waals surface area contributed by atoms with Gasteiger partial charge in [0.1, 0.15) is 0 Å². The van der Waals surface area contributed by atoms with Crippen LogP contribution in [0.2, 0.25) is 0 Å². The molecule has 1 saturated heterocycles. The first kappa shape index (κ1) is 14.3. The highest BCUT2D eigenvalue weighted by atomic mass is 15.3. The molecule has 2 heterocycles. The van der Waals surface area contributed by atoms with Crippen LogP contribution >= 0.6 is 0 Å². The van der Waals surface area contributed by atoms with Crippen LogP contribution in [0.25, 0.3) is 0 Å². The topological polar surface area (TPSA) is 82.1 Å². The summed E-state index contributed by atoms with van der Waals surface area (Å²) in [5.74, 6) is 0.736. The Kier molecular flexibility index (Phi) is 4.17. The van der Waals surface area contributed by atoms with Gasteiger partial charge < -0.3 is 10.6 Å². The normalized spacial score (nSPS) is 15.5. The van der Waals surface area contributed by atoms with Crippen LogP contribution in [0.4, 0.5) is 11.6 Å². The molecule has 6 heteroatoms. The predicted molar refractivity (Wildman–Crippen MR) is 85.1 cm³/mol. The Morgan fingerprint density at radius 2 is 1.86 bits per heavy atom. The molecule has 112 valence electrons. The van der Waals surface area contributed by atoms with Crippen molar-refractivity contribution < 1.29 is 0 Å². The van der Waals surface area contributed by atoms with Crippen LogP contribution in [0.3, 0.4) is 0 Å². The Morgan fingerprint density at radius 1 is 1.14 bits per heavy atom. The van der Waals surface area contributed by atoms with Gasteiger partial charge in [-0.15, -0.1) is 0 Å². The lowest BCUT2D eigenvalue weighted by molar-refractivity contribution is 0.248. The minimum Gasteiger partial charge on any atom is -0.396 e. The number of hydrogen-bond acceptors (Lipinski definition) is 6. The van der Waals surface area contributed by atoms with Crippen molar-refractivity contribution in [1.29, 1.82) is 5.26 Å². The molecule has 0 atom stereocenters. The van der Waals surface area contributed by atoms with Gasteiger partial charge in [-0.05, 0) is 17.7 Å². The van der Waals surface area contributed by atoms with Gasteiger partial charge in [-0.2, -0.15) is 5.26 Å². The Balaban J connectivity index is 1.57. The van der Waals surface area contributed by atoms with E-state index in [1.165, 1.54) is 5.56 Å². The molecule has 1 aromatic heterocycles. The number of nitrogen functional groups attached to an aromatic ring is 1. The zero-order chi connectivity index (χ0) is 15.4. The van der Waals surface area contributed by atoms with Crippen LogP contribution in [0, 0.1) is 11.3 Å². The summed E-state index contributed by atoms with van der Waals surface area (Å²) in [5.41, 5.74) is 8.09. The number of nitrogens with zero attached hydrogens (tertiary/aromatic N) is 5. The van der Waals surface area contributed by atoms with Gasteiger partial charge in [-0.1, -0.05) is 12.1 Å². The average Bonchev–Trinajstić information content (AvgIpc) is 2.57. The Labute approximate surface area is 129 Å². The second kappa shape index (κ2) is 6.41. The number of rotatable bonds is 3. The molecule has 2 aromatic rings. The second-order valence-electron chi connectivity index (χ2n) is 5.39. The number of piperazine rings is 1. The van der Waals surface area contributed by atoms with E-state index in [2.05, 4.69) is 31.9 Å². The highest BCUT2D eigenvalue weighted by molar-refractivity contribution is 5.38. The molecule has 1 aromatic carbocycles. The zero-order valence-electron chi connectivity index (χ0n) is 12.3. The first-order valence-corrected chi connectivity index (χ1v) is 7.28. The number of hydrogen-bond donors (Lipinski definition) is 1. The van der Waals surface area contributed by atoms with Crippen molar-refractivity contribution in [3.05, 3.63) is 47.8 Å². The van der Waals surface area contributed by atoms with Crippen molar-refractivity contribution in [2.45, 2.75) is 6.54 Å². The molecule has 1 aliphatic heterocycles. The lowest BCUT2D eigenvalue weighted by Crippen LogP contribution is -2.46. The van der Waals surface area contributed by atoms with Crippen LogP contribution in [-0.2, 0) is 6.54 Å². The minimum atomic E-state index is 0.583. The molecule has 6 nitrogen and oxygen atoms in total. The summed E-state index contributed by atoms with van der Waals surface area (Å²) in [5, 5.41) is 8.96. The van der Waals surface area contributed by atoms with Gasteiger partial charge in [0.05, 0.1) is 29.7 Å². The number of nitriles is 1. The highest BCUT2D eigenvalue weighted by Gasteiger charge is 2.18. The van der Waals surface area contributed by atoms with Gasteiger partial charge >= 0.3 is 0 Å². The van der Waals surface area contributed by atoms with E-state index in [-0.39, 0.29) is 0 Å². The smallest absolute Gasteiger partial charge is 0.225 e. The summed E-state index contributed by atoms with van der Waals surface area (Å²) >= 11 is 0. The molecule has 0 aliphatic carbocycles. The molecule has 1 aliphatic rings. The molecule has 0 bridgehead atoms. The van der Waals surface area contributed by atoms with Crippen molar-refractivity contribution in [1.82, 2.24) is 14.9 Å². The van der Waals surface area contributed by atoms with Gasteiger partial charge in [0, 0.05) is 32.7 Å². The number of benzene rings is 1. The van der Waals surface area contributed by atoms with Gasteiger partial charge in [0.25, 0.3) is 0 Å². The summed E-state index contributed by atoms with van der Waals surface area (Å²) in [4.78, 5) is 13.1. The number of aromatic nitrogens is 2. The second-order valence-corrected chi connectivity index (χ2v) is 5.39. The fourth-order valence-electron chi connectivity index (χ4n) is 2.60. The standard InChI is InChI=1S/C16H18N6/c17-9-13-2-1-3-14(8-13)12-21-4-6-22(7-5-21)16-19-10-15(18)11-20-16/h1-3,8,10-11H,4-7,12,18H2. The molecule has 0 spiro atoms. The van der Waals surface area contributed by atoms with Crippen molar-refractivity contribution in [3.8, 4) is 6.07 Å². The molecule has 0 amide bonds. The minimum absolute atomic E-state index is 0.583. The van der Waals surface area contributed by atoms with E-state index in [0.29, 0.717) is 11.3 Å². The third kappa shape index (κ3) is 3.32. The molecule has 0 unspecified atom stereocenters. The fraction of sp³-hybridized carbons (Fsp3) is 0.312. The van der Waals surface area contributed by atoms with E-state index >= 15 is 0 Å². The van der Waals surface area contributed by atoms with Crippen molar-refractivity contribution in [3.63, 3.8) is 0 Å². The molecule has 1 fully saturated rings. The summed E-state index contributed by atoms with van der Waals surface area (Å²) in [6.07, 6.45) is 3.28. The summed E-state index contributed by atoms with van der Waals surface area (Å²) in [6.45, 7) is 4.55. The highest BCUT2D eigenvalue weighted by Crippen LogP contribution is 2.14.